The van der Waals surface area contributed by atoms with E-state index < -0.39 is 12.7 Å². The molecule has 0 saturated heterocycles. The Balaban J connectivity index is 2.29. The van der Waals surface area contributed by atoms with Crippen molar-refractivity contribution in [2.24, 2.45) is 0 Å². The van der Waals surface area contributed by atoms with E-state index in [2.05, 4.69) is 12.2 Å². The Kier molecular flexibility index (Phi) is 5.05. The van der Waals surface area contributed by atoms with Gasteiger partial charge in [0.05, 0.1) is 6.54 Å². The molecule has 2 atom stereocenters. The van der Waals surface area contributed by atoms with Crippen LogP contribution >= 0.6 is 0 Å². The highest BCUT2D eigenvalue weighted by Gasteiger charge is 2.34. The molecule has 1 aliphatic carbocycles. The molecule has 0 aliphatic heterocycles. The summed E-state index contributed by atoms with van der Waals surface area (Å²) < 4.78 is 36.6. The van der Waals surface area contributed by atoms with Crippen LogP contribution in [0.25, 0.3) is 0 Å². The van der Waals surface area contributed by atoms with Crippen molar-refractivity contribution in [1.82, 2.24) is 10.2 Å². The molecule has 0 aromatic rings. The molecule has 0 aromatic carbocycles. The second-order valence-electron chi connectivity index (χ2n) is 4.65. The van der Waals surface area contributed by atoms with Crippen LogP contribution in [0.2, 0.25) is 0 Å². The Morgan fingerprint density at radius 3 is 2.56 bits per heavy atom. The zero-order chi connectivity index (χ0) is 12.2. The van der Waals surface area contributed by atoms with Crippen molar-refractivity contribution in [2.45, 2.75) is 50.9 Å². The van der Waals surface area contributed by atoms with E-state index in [0.717, 1.165) is 32.2 Å². The van der Waals surface area contributed by atoms with E-state index in [1.165, 1.54) is 4.90 Å². The normalized spacial score (nSPS) is 26.6. The van der Waals surface area contributed by atoms with Crippen molar-refractivity contribution in [1.29, 1.82) is 0 Å². The van der Waals surface area contributed by atoms with Crippen molar-refractivity contribution >= 4 is 0 Å². The van der Waals surface area contributed by atoms with Crippen LogP contribution in [-0.4, -0.2) is 43.3 Å². The number of halogens is 3. The number of rotatable bonds is 5. The summed E-state index contributed by atoms with van der Waals surface area (Å²) in [6.45, 7) is 2.26. The summed E-state index contributed by atoms with van der Waals surface area (Å²) in [5.41, 5.74) is 0. The minimum absolute atomic E-state index is 0.0796. The molecule has 1 saturated carbocycles. The van der Waals surface area contributed by atoms with Gasteiger partial charge in [-0.1, -0.05) is 6.92 Å². The van der Waals surface area contributed by atoms with Gasteiger partial charge in [0.15, 0.2) is 0 Å². The van der Waals surface area contributed by atoms with Gasteiger partial charge in [-0.3, -0.25) is 4.90 Å². The lowest BCUT2D eigenvalue weighted by molar-refractivity contribution is -0.147. The first-order valence-electron chi connectivity index (χ1n) is 5.92. The Morgan fingerprint density at radius 1 is 1.31 bits per heavy atom. The predicted molar refractivity (Wildman–Crippen MR) is 58.4 cm³/mol. The third-order valence-electron chi connectivity index (χ3n) is 3.14. The van der Waals surface area contributed by atoms with Gasteiger partial charge in [0, 0.05) is 12.1 Å². The Labute approximate surface area is 95.2 Å². The zero-order valence-corrected chi connectivity index (χ0v) is 9.98. The standard InChI is InChI=1S/C11H21F3N2/c1-3-6-15-9-4-5-10(7-9)16(2)8-11(12,13)14/h9-10,15H,3-8H2,1-2H3. The van der Waals surface area contributed by atoms with Crippen LogP contribution in [-0.2, 0) is 0 Å². The van der Waals surface area contributed by atoms with Crippen molar-refractivity contribution < 1.29 is 13.2 Å². The molecule has 0 spiro atoms. The van der Waals surface area contributed by atoms with Crippen LogP contribution in [0.1, 0.15) is 32.6 Å². The maximum Gasteiger partial charge on any atom is 0.401 e. The van der Waals surface area contributed by atoms with Crippen LogP contribution in [0.4, 0.5) is 13.2 Å². The molecule has 0 heterocycles. The second kappa shape index (κ2) is 5.87. The fourth-order valence-corrected chi connectivity index (χ4v) is 2.30. The van der Waals surface area contributed by atoms with E-state index in [-0.39, 0.29) is 6.04 Å². The highest BCUT2D eigenvalue weighted by Crippen LogP contribution is 2.26. The molecule has 2 unspecified atom stereocenters. The topological polar surface area (TPSA) is 15.3 Å². The molecule has 1 aliphatic rings. The molecular formula is C11H21F3N2. The third-order valence-corrected chi connectivity index (χ3v) is 3.14. The number of nitrogens with zero attached hydrogens (tertiary/aromatic N) is 1. The first-order chi connectivity index (χ1) is 7.42. The summed E-state index contributed by atoms with van der Waals surface area (Å²) in [5, 5.41) is 3.37. The summed E-state index contributed by atoms with van der Waals surface area (Å²) in [5.74, 6) is 0. The lowest BCUT2D eigenvalue weighted by atomic mass is 10.2. The van der Waals surface area contributed by atoms with Crippen LogP contribution in [0.15, 0.2) is 0 Å². The van der Waals surface area contributed by atoms with Crippen LogP contribution < -0.4 is 5.32 Å². The van der Waals surface area contributed by atoms with E-state index in [1.807, 2.05) is 0 Å². The minimum Gasteiger partial charge on any atom is -0.314 e. The molecule has 2 nitrogen and oxygen atoms in total. The van der Waals surface area contributed by atoms with E-state index in [9.17, 15) is 13.2 Å². The van der Waals surface area contributed by atoms with Gasteiger partial charge in [0.1, 0.15) is 0 Å². The molecule has 1 N–H and O–H groups in total. The quantitative estimate of drug-likeness (QED) is 0.791. The maximum atomic E-state index is 12.2. The third kappa shape index (κ3) is 4.70. The van der Waals surface area contributed by atoms with Crippen LogP contribution in [0.3, 0.4) is 0 Å². The molecule has 0 amide bonds. The molecule has 0 aromatic heterocycles. The Hall–Kier alpha value is -0.290. The van der Waals surface area contributed by atoms with Gasteiger partial charge >= 0.3 is 6.18 Å². The average molecular weight is 238 g/mol. The van der Waals surface area contributed by atoms with Gasteiger partial charge < -0.3 is 5.32 Å². The van der Waals surface area contributed by atoms with Crippen molar-refractivity contribution in [3.8, 4) is 0 Å². The summed E-state index contributed by atoms with van der Waals surface area (Å²) >= 11 is 0. The van der Waals surface area contributed by atoms with E-state index in [0.29, 0.717) is 6.04 Å². The smallest absolute Gasteiger partial charge is 0.314 e. The van der Waals surface area contributed by atoms with E-state index in [4.69, 9.17) is 0 Å². The monoisotopic (exact) mass is 238 g/mol. The van der Waals surface area contributed by atoms with E-state index in [1.54, 1.807) is 7.05 Å². The SMILES string of the molecule is CCCNC1CCC(N(C)CC(F)(F)F)C1. The summed E-state index contributed by atoms with van der Waals surface area (Å²) in [6, 6.07) is 0.483. The fraction of sp³-hybridized carbons (Fsp3) is 1.00. The van der Waals surface area contributed by atoms with Crippen LogP contribution in [0, 0.1) is 0 Å². The molecule has 0 bridgehead atoms. The average Bonchev–Trinajstić information content (AvgIpc) is 2.60. The lowest BCUT2D eigenvalue weighted by Crippen LogP contribution is -2.38. The second-order valence-corrected chi connectivity index (χ2v) is 4.65. The van der Waals surface area contributed by atoms with Crippen molar-refractivity contribution in [2.75, 3.05) is 20.1 Å². The van der Waals surface area contributed by atoms with Gasteiger partial charge in [0.2, 0.25) is 0 Å². The fourth-order valence-electron chi connectivity index (χ4n) is 2.30. The maximum absolute atomic E-state index is 12.2. The van der Waals surface area contributed by atoms with E-state index >= 15 is 0 Å². The molecule has 0 radical (unpaired) electrons. The zero-order valence-electron chi connectivity index (χ0n) is 9.98. The minimum atomic E-state index is -4.08. The highest BCUT2D eigenvalue weighted by molar-refractivity contribution is 4.86. The van der Waals surface area contributed by atoms with Crippen molar-refractivity contribution in [3.63, 3.8) is 0 Å². The molecule has 16 heavy (non-hydrogen) atoms. The molecule has 1 fully saturated rings. The number of alkyl halides is 3. The summed E-state index contributed by atoms with van der Waals surface area (Å²) in [6.07, 6.45) is -0.309. The van der Waals surface area contributed by atoms with Gasteiger partial charge in [-0.2, -0.15) is 13.2 Å². The lowest BCUT2D eigenvalue weighted by Gasteiger charge is -2.25. The van der Waals surface area contributed by atoms with Crippen molar-refractivity contribution in [3.05, 3.63) is 0 Å². The molecular weight excluding hydrogens is 217 g/mol. The Morgan fingerprint density at radius 2 is 2.00 bits per heavy atom. The molecule has 5 heteroatoms. The summed E-state index contributed by atoms with van der Waals surface area (Å²) in [4.78, 5) is 1.44. The Bertz CT molecular complexity index is 206. The molecule has 96 valence electrons. The first kappa shape index (κ1) is 13.8. The predicted octanol–water partition coefficient (Wildman–Crippen LogP) is 2.40. The molecule has 1 rings (SSSR count). The van der Waals surface area contributed by atoms with Gasteiger partial charge in [-0.25, -0.2) is 0 Å². The van der Waals surface area contributed by atoms with Crippen LogP contribution in [0.5, 0.6) is 0 Å². The van der Waals surface area contributed by atoms with Gasteiger partial charge in [0.25, 0.3) is 0 Å². The number of hydrogen-bond donors (Lipinski definition) is 1. The highest BCUT2D eigenvalue weighted by atomic mass is 19.4. The number of hydrogen-bond acceptors (Lipinski definition) is 2. The first-order valence-corrected chi connectivity index (χ1v) is 5.92. The number of nitrogens with one attached hydrogen (secondary N) is 1. The van der Waals surface area contributed by atoms with Gasteiger partial charge in [-0.15, -0.1) is 0 Å². The largest absolute Gasteiger partial charge is 0.401 e. The van der Waals surface area contributed by atoms with Gasteiger partial charge in [-0.05, 0) is 39.3 Å². The summed E-state index contributed by atoms with van der Waals surface area (Å²) in [7, 11) is 1.57.